The van der Waals surface area contributed by atoms with Gasteiger partial charge in [-0.2, -0.15) is 0 Å². The Kier molecular flexibility index (Phi) is 8.31. The number of oxime groups is 1. The number of β-lactam (4-membered cyclic amide) rings is 1. The van der Waals surface area contributed by atoms with E-state index in [1.807, 2.05) is 0 Å². The molecule has 0 aromatic carbocycles. The fourth-order valence-corrected chi connectivity index (χ4v) is 6.80. The second-order valence-electron chi connectivity index (χ2n) is 9.26. The average Bonchev–Trinajstić information content (AvgIpc) is 3.33. The first kappa shape index (κ1) is 29.9. The maximum Gasteiger partial charge on any atom is 0.352 e. The minimum Gasteiger partial charge on any atom is -0.478 e. The topological polar surface area (TPSA) is 253 Å². The van der Waals surface area contributed by atoms with Crippen molar-refractivity contribution < 1.29 is 38.8 Å². The Morgan fingerprint density at radius 3 is 2.63 bits per heavy atom. The minimum absolute atomic E-state index is 0.123. The fraction of sp³-hybridized carbons (Fsp3) is 0.364. The van der Waals surface area contributed by atoms with E-state index in [0.717, 1.165) is 16.2 Å². The van der Waals surface area contributed by atoms with E-state index in [1.54, 1.807) is 11.6 Å². The number of thiazole rings is 1. The van der Waals surface area contributed by atoms with Gasteiger partial charge in [-0.3, -0.25) is 14.5 Å². The molecule has 0 aliphatic carbocycles. The van der Waals surface area contributed by atoms with Gasteiger partial charge in [0, 0.05) is 17.7 Å². The molecule has 0 spiro atoms. The Bertz CT molecular complexity index is 1510. The van der Waals surface area contributed by atoms with Crippen LogP contribution in [0.2, 0.25) is 0 Å². The molecule has 1 fully saturated rings. The zero-order valence-electron chi connectivity index (χ0n) is 21.9. The predicted molar refractivity (Wildman–Crippen MR) is 151 cm³/mol. The number of fused-ring (bicyclic) bond motifs is 1. The molecule has 0 radical (unpaired) electrons. The number of carbonyl (C=O) groups excluding carboxylic acids is 2. The third-order valence-corrected chi connectivity index (χ3v) is 9.25. The molecule has 218 valence electrons. The molecule has 4 rings (SSSR count). The summed E-state index contributed by atoms with van der Waals surface area (Å²) >= 11 is 3.40. The van der Waals surface area contributed by atoms with Crippen LogP contribution in [-0.4, -0.2) is 83.1 Å². The van der Waals surface area contributed by atoms with Crippen molar-refractivity contribution in [3.8, 4) is 0 Å². The lowest BCUT2D eigenvalue weighted by atomic mass is 10.0. The number of aromatic nitrogens is 3. The van der Waals surface area contributed by atoms with Crippen molar-refractivity contribution in [2.75, 3.05) is 28.7 Å². The first-order chi connectivity index (χ1) is 19.2. The van der Waals surface area contributed by atoms with Crippen LogP contribution >= 0.6 is 34.9 Å². The summed E-state index contributed by atoms with van der Waals surface area (Å²) in [4.78, 5) is 64.5. The Morgan fingerprint density at radius 2 is 2.02 bits per heavy atom. The zero-order chi connectivity index (χ0) is 30.2. The fourth-order valence-electron chi connectivity index (χ4n) is 3.66. The molecule has 2 atom stereocenters. The SMILES string of the molecule is C[n+]1c(N)cc(N)nc1SCC1=C(C(=O)O)N2C(=O)C(NC(=O)/C(=N\OC(C)(C)C(=O)O)c3cnc(N)s3)C2SC1. The van der Waals surface area contributed by atoms with Crippen molar-refractivity contribution >= 4 is 81.1 Å². The number of nitrogens with two attached hydrogens (primary N) is 3. The molecule has 9 N–H and O–H groups in total. The first-order valence-corrected chi connectivity index (χ1v) is 14.5. The molecular formula is C22H26N9O7S3+. The van der Waals surface area contributed by atoms with Crippen LogP contribution in [0.25, 0.3) is 0 Å². The van der Waals surface area contributed by atoms with E-state index in [-0.39, 0.29) is 38.7 Å². The number of aliphatic carboxylic acids is 2. The minimum atomic E-state index is -1.76. The number of nitrogens with one attached hydrogen (secondary N) is 1. The van der Waals surface area contributed by atoms with Crippen molar-refractivity contribution in [2.45, 2.75) is 36.0 Å². The highest BCUT2D eigenvalue weighted by atomic mass is 32.2. The van der Waals surface area contributed by atoms with Crippen molar-refractivity contribution in [3.63, 3.8) is 0 Å². The number of carboxylic acids is 2. The van der Waals surface area contributed by atoms with Crippen molar-refractivity contribution in [1.29, 1.82) is 0 Å². The van der Waals surface area contributed by atoms with Gasteiger partial charge < -0.3 is 37.6 Å². The second kappa shape index (κ2) is 11.4. The van der Waals surface area contributed by atoms with Crippen molar-refractivity contribution in [2.24, 2.45) is 12.2 Å². The summed E-state index contributed by atoms with van der Waals surface area (Å²) in [6, 6.07) is 0.423. The predicted octanol–water partition coefficient (Wildman–Crippen LogP) is -0.776. The molecule has 2 unspecified atom stereocenters. The quantitative estimate of drug-likeness (QED) is 0.0474. The van der Waals surface area contributed by atoms with Crippen LogP contribution in [0.5, 0.6) is 0 Å². The smallest absolute Gasteiger partial charge is 0.352 e. The van der Waals surface area contributed by atoms with Crippen molar-refractivity contribution in [1.82, 2.24) is 20.2 Å². The summed E-state index contributed by atoms with van der Waals surface area (Å²) in [5.41, 5.74) is 15.6. The van der Waals surface area contributed by atoms with Gasteiger partial charge in [0.15, 0.2) is 10.8 Å². The molecule has 4 heterocycles. The van der Waals surface area contributed by atoms with E-state index >= 15 is 0 Å². The van der Waals surface area contributed by atoms with Crippen LogP contribution in [-0.2, 0) is 31.1 Å². The van der Waals surface area contributed by atoms with Gasteiger partial charge in [-0.1, -0.05) is 21.5 Å². The van der Waals surface area contributed by atoms with Gasteiger partial charge >= 0.3 is 17.1 Å². The number of anilines is 3. The first-order valence-electron chi connectivity index (χ1n) is 11.7. The Morgan fingerprint density at radius 1 is 1.32 bits per heavy atom. The number of nitrogens with zero attached hydrogens (tertiary/aromatic N) is 5. The number of rotatable bonds is 10. The summed E-state index contributed by atoms with van der Waals surface area (Å²) in [5, 5.41) is 25.5. The van der Waals surface area contributed by atoms with E-state index in [4.69, 9.17) is 22.0 Å². The average molecular weight is 625 g/mol. The largest absolute Gasteiger partial charge is 0.478 e. The van der Waals surface area contributed by atoms with E-state index in [9.17, 15) is 29.4 Å². The third kappa shape index (κ3) is 6.00. The van der Waals surface area contributed by atoms with E-state index in [1.165, 1.54) is 49.6 Å². The zero-order valence-corrected chi connectivity index (χ0v) is 24.3. The Hall–Kier alpha value is -4.10. The van der Waals surface area contributed by atoms with Crippen LogP contribution in [0.1, 0.15) is 18.7 Å². The Balaban J connectivity index is 1.53. The summed E-state index contributed by atoms with van der Waals surface area (Å²) < 4.78 is 1.61. The standard InChI is InChI=1S/C22H25N9O7S3/c1-22(2,19(36)37)38-29-12(9-5-26-20(25)41-9)15(32)28-13-16(33)31-14(18(34)35)8(6-39-17(13)31)7-40-21-27-10(23)4-11(24)30(21)3/h4-5,13,17H,6-7H2,1-3H3,(H8,23,24,25,26,28,29,32,34,35,36,37)/p+1. The molecule has 0 saturated carbocycles. The maximum absolute atomic E-state index is 13.2. The summed E-state index contributed by atoms with van der Waals surface area (Å²) in [6.45, 7) is 2.49. The van der Waals surface area contributed by atoms with E-state index < -0.39 is 40.8 Å². The lowest BCUT2D eigenvalue weighted by Crippen LogP contribution is -2.71. The molecule has 41 heavy (non-hydrogen) atoms. The van der Waals surface area contributed by atoms with Gasteiger partial charge in [-0.15, -0.1) is 11.8 Å². The highest BCUT2D eigenvalue weighted by Gasteiger charge is 2.54. The lowest BCUT2D eigenvalue weighted by Gasteiger charge is -2.49. The molecule has 19 heteroatoms. The van der Waals surface area contributed by atoms with Crippen LogP contribution in [0.4, 0.5) is 16.8 Å². The van der Waals surface area contributed by atoms with Crippen LogP contribution in [0, 0.1) is 0 Å². The molecule has 2 aliphatic rings. The summed E-state index contributed by atoms with van der Waals surface area (Å²) in [5.74, 6) is -3.05. The number of carbonyl (C=O) groups is 4. The lowest BCUT2D eigenvalue weighted by molar-refractivity contribution is -0.698. The summed E-state index contributed by atoms with van der Waals surface area (Å²) in [6.07, 6.45) is 1.26. The monoisotopic (exact) mass is 624 g/mol. The number of hydrogen-bond donors (Lipinski definition) is 6. The van der Waals surface area contributed by atoms with E-state index in [0.29, 0.717) is 16.5 Å². The normalized spacial score (nSPS) is 19.0. The number of thioether (sulfide) groups is 2. The molecule has 2 amide bonds. The number of hydrogen-bond acceptors (Lipinski definition) is 14. The van der Waals surface area contributed by atoms with Crippen LogP contribution in [0.3, 0.4) is 0 Å². The maximum atomic E-state index is 13.2. The molecule has 2 aliphatic heterocycles. The molecule has 2 aromatic heterocycles. The van der Waals surface area contributed by atoms with Crippen LogP contribution < -0.4 is 27.1 Å². The Labute approximate surface area is 245 Å². The van der Waals surface area contributed by atoms with Crippen LogP contribution in [0.15, 0.2) is 33.8 Å². The number of carboxylic acid groups (broad SMARTS) is 2. The highest BCUT2D eigenvalue weighted by molar-refractivity contribution is 8.01. The van der Waals surface area contributed by atoms with Gasteiger partial charge in [0.1, 0.15) is 17.1 Å². The van der Waals surface area contributed by atoms with Crippen molar-refractivity contribution in [3.05, 3.63) is 28.4 Å². The van der Waals surface area contributed by atoms with Gasteiger partial charge in [0.2, 0.25) is 17.2 Å². The van der Waals surface area contributed by atoms with E-state index in [2.05, 4.69) is 20.4 Å². The molecule has 16 nitrogen and oxygen atoms in total. The third-order valence-electron chi connectivity index (χ3n) is 5.96. The molecular weight excluding hydrogens is 598 g/mol. The van der Waals surface area contributed by atoms with Gasteiger partial charge in [0.05, 0.1) is 18.0 Å². The van der Waals surface area contributed by atoms with Gasteiger partial charge in [-0.25, -0.2) is 19.1 Å². The number of nitrogen functional groups attached to an aromatic ring is 3. The van der Waals surface area contributed by atoms with Gasteiger partial charge in [0.25, 0.3) is 11.8 Å². The number of amides is 2. The molecule has 2 aromatic rings. The second-order valence-corrected chi connectivity index (χ2v) is 12.4. The molecule has 0 bridgehead atoms. The van der Waals surface area contributed by atoms with Gasteiger partial charge in [-0.05, 0) is 31.2 Å². The molecule has 1 saturated heterocycles. The highest BCUT2D eigenvalue weighted by Crippen LogP contribution is 2.41. The summed E-state index contributed by atoms with van der Waals surface area (Å²) in [7, 11) is 1.69.